The molecule has 17 heavy (non-hydrogen) atoms. The molecule has 0 spiro atoms. The molecule has 5 heteroatoms. The van der Waals surface area contributed by atoms with Crippen molar-refractivity contribution in [3.8, 4) is 6.07 Å². The van der Waals surface area contributed by atoms with Crippen LogP contribution in [0.25, 0.3) is 0 Å². The lowest BCUT2D eigenvalue weighted by atomic mass is 10.3. The highest BCUT2D eigenvalue weighted by atomic mass is 79.9. The van der Waals surface area contributed by atoms with Gasteiger partial charge in [-0.05, 0) is 40.2 Å². The van der Waals surface area contributed by atoms with Crippen LogP contribution in [0.5, 0.6) is 0 Å². The topological polar surface area (TPSA) is 35.8 Å². The van der Waals surface area contributed by atoms with Crippen LogP contribution in [-0.4, -0.2) is 0 Å². The SMILES string of the molecule is N#Cc1ccc(CNc2cccc(Cl)c2Br)s1. The van der Waals surface area contributed by atoms with Gasteiger partial charge in [-0.15, -0.1) is 11.3 Å². The Balaban J connectivity index is 2.07. The van der Waals surface area contributed by atoms with E-state index in [0.717, 1.165) is 19.9 Å². The molecule has 2 aromatic rings. The van der Waals surface area contributed by atoms with E-state index < -0.39 is 0 Å². The van der Waals surface area contributed by atoms with E-state index in [1.807, 2.05) is 30.3 Å². The highest BCUT2D eigenvalue weighted by Crippen LogP contribution is 2.30. The van der Waals surface area contributed by atoms with Crippen molar-refractivity contribution in [2.24, 2.45) is 0 Å². The van der Waals surface area contributed by atoms with E-state index in [1.54, 1.807) is 0 Å². The molecular formula is C12H8BrClN2S. The van der Waals surface area contributed by atoms with E-state index in [0.29, 0.717) is 11.6 Å². The normalized spacial score (nSPS) is 9.94. The fourth-order valence-corrected chi connectivity index (χ4v) is 2.68. The summed E-state index contributed by atoms with van der Waals surface area (Å²) in [6.45, 7) is 0.686. The van der Waals surface area contributed by atoms with Gasteiger partial charge in [0.1, 0.15) is 10.9 Å². The molecule has 0 saturated carbocycles. The second-order valence-corrected chi connectivity index (χ2v) is 5.70. The summed E-state index contributed by atoms with van der Waals surface area (Å²) in [5.41, 5.74) is 0.949. The Labute approximate surface area is 117 Å². The second kappa shape index (κ2) is 5.54. The van der Waals surface area contributed by atoms with Gasteiger partial charge >= 0.3 is 0 Å². The van der Waals surface area contributed by atoms with E-state index in [2.05, 4.69) is 27.3 Å². The lowest BCUT2D eigenvalue weighted by Crippen LogP contribution is -1.98. The molecule has 1 aromatic carbocycles. The first-order valence-electron chi connectivity index (χ1n) is 4.87. The van der Waals surface area contributed by atoms with E-state index in [-0.39, 0.29) is 0 Å². The smallest absolute Gasteiger partial charge is 0.110 e. The number of nitrogens with zero attached hydrogens (tertiary/aromatic N) is 1. The largest absolute Gasteiger partial charge is 0.379 e. The number of nitrogens with one attached hydrogen (secondary N) is 1. The maximum Gasteiger partial charge on any atom is 0.110 e. The third-order valence-electron chi connectivity index (χ3n) is 2.18. The van der Waals surface area contributed by atoms with Gasteiger partial charge in [-0.1, -0.05) is 17.7 Å². The van der Waals surface area contributed by atoms with Gasteiger partial charge in [0.2, 0.25) is 0 Å². The van der Waals surface area contributed by atoms with Crippen LogP contribution in [0.15, 0.2) is 34.8 Å². The van der Waals surface area contributed by atoms with Crippen molar-refractivity contribution in [2.75, 3.05) is 5.32 Å². The second-order valence-electron chi connectivity index (χ2n) is 3.33. The zero-order valence-electron chi connectivity index (χ0n) is 8.71. The van der Waals surface area contributed by atoms with Crippen molar-refractivity contribution in [3.63, 3.8) is 0 Å². The fraction of sp³-hybridized carbons (Fsp3) is 0.0833. The molecule has 0 bridgehead atoms. The van der Waals surface area contributed by atoms with Crippen LogP contribution in [-0.2, 0) is 6.54 Å². The van der Waals surface area contributed by atoms with Gasteiger partial charge in [0, 0.05) is 11.4 Å². The zero-order chi connectivity index (χ0) is 12.3. The molecule has 1 aromatic heterocycles. The molecule has 0 radical (unpaired) electrons. The fourth-order valence-electron chi connectivity index (χ4n) is 1.36. The Morgan fingerprint density at radius 3 is 2.88 bits per heavy atom. The summed E-state index contributed by atoms with van der Waals surface area (Å²) < 4.78 is 0.860. The lowest BCUT2D eigenvalue weighted by molar-refractivity contribution is 1.19. The summed E-state index contributed by atoms with van der Waals surface area (Å²) in [5, 5.41) is 12.7. The van der Waals surface area contributed by atoms with Crippen LogP contribution in [0.3, 0.4) is 0 Å². The molecule has 0 aliphatic rings. The molecule has 1 heterocycles. The van der Waals surface area contributed by atoms with Crippen molar-refractivity contribution in [2.45, 2.75) is 6.54 Å². The molecule has 0 saturated heterocycles. The molecule has 0 amide bonds. The van der Waals surface area contributed by atoms with Crippen molar-refractivity contribution in [1.29, 1.82) is 5.26 Å². The predicted molar refractivity (Wildman–Crippen MR) is 75.5 cm³/mol. The number of rotatable bonds is 3. The van der Waals surface area contributed by atoms with Gasteiger partial charge in [-0.25, -0.2) is 0 Å². The molecule has 1 N–H and O–H groups in total. The molecule has 0 fully saturated rings. The van der Waals surface area contributed by atoms with Gasteiger partial charge < -0.3 is 5.32 Å². The Morgan fingerprint density at radius 1 is 1.35 bits per heavy atom. The molecule has 2 rings (SSSR count). The maximum absolute atomic E-state index is 8.73. The predicted octanol–water partition coefficient (Wildman–Crippen LogP) is 4.65. The van der Waals surface area contributed by atoms with Crippen molar-refractivity contribution in [3.05, 3.63) is 49.6 Å². The standard InChI is InChI=1S/C12H8BrClN2S/c13-12-10(14)2-1-3-11(12)16-7-9-5-4-8(6-15)17-9/h1-5,16H,7H2. The average Bonchev–Trinajstić information content (AvgIpc) is 2.79. The first-order valence-corrected chi connectivity index (χ1v) is 6.86. The van der Waals surface area contributed by atoms with Crippen LogP contribution in [0.1, 0.15) is 9.75 Å². The van der Waals surface area contributed by atoms with E-state index in [9.17, 15) is 0 Å². The van der Waals surface area contributed by atoms with Crippen molar-refractivity contribution < 1.29 is 0 Å². The third kappa shape index (κ3) is 3.01. The first-order chi connectivity index (χ1) is 8.20. The Hall–Kier alpha value is -1.02. The highest BCUT2D eigenvalue weighted by molar-refractivity contribution is 9.10. The van der Waals surface area contributed by atoms with Crippen LogP contribution in [0, 0.1) is 11.3 Å². The van der Waals surface area contributed by atoms with Gasteiger partial charge in [0.25, 0.3) is 0 Å². The summed E-state index contributed by atoms with van der Waals surface area (Å²) in [4.78, 5) is 1.85. The number of hydrogen-bond acceptors (Lipinski definition) is 3. The number of halogens is 2. The Kier molecular flexibility index (Phi) is 4.06. The van der Waals surface area contributed by atoms with Crippen LogP contribution >= 0.6 is 38.9 Å². The van der Waals surface area contributed by atoms with Crippen molar-refractivity contribution >= 4 is 44.6 Å². The van der Waals surface area contributed by atoms with Gasteiger partial charge in [-0.2, -0.15) is 5.26 Å². The van der Waals surface area contributed by atoms with E-state index in [4.69, 9.17) is 16.9 Å². The quantitative estimate of drug-likeness (QED) is 0.891. The minimum absolute atomic E-state index is 0.680. The van der Waals surface area contributed by atoms with Crippen LogP contribution in [0.2, 0.25) is 5.02 Å². The van der Waals surface area contributed by atoms with Crippen LogP contribution < -0.4 is 5.32 Å². The summed E-state index contributed by atoms with van der Waals surface area (Å²) in [6, 6.07) is 11.6. The minimum Gasteiger partial charge on any atom is -0.379 e. The molecule has 0 unspecified atom stereocenters. The van der Waals surface area contributed by atoms with Crippen LogP contribution in [0.4, 0.5) is 5.69 Å². The summed E-state index contributed by atoms with van der Waals surface area (Å²) in [5.74, 6) is 0. The Bertz CT molecular complexity index is 574. The number of anilines is 1. The number of hydrogen-bond donors (Lipinski definition) is 1. The lowest BCUT2D eigenvalue weighted by Gasteiger charge is -2.08. The van der Waals surface area contributed by atoms with Gasteiger partial charge in [0.05, 0.1) is 15.2 Å². The van der Waals surface area contributed by atoms with Crippen molar-refractivity contribution in [1.82, 2.24) is 0 Å². The molecular weight excluding hydrogens is 320 g/mol. The third-order valence-corrected chi connectivity index (χ3v) is 4.56. The molecule has 0 aliphatic carbocycles. The molecule has 86 valence electrons. The zero-order valence-corrected chi connectivity index (χ0v) is 11.9. The number of thiophene rings is 1. The molecule has 0 aliphatic heterocycles. The Morgan fingerprint density at radius 2 is 2.18 bits per heavy atom. The van der Waals surface area contributed by atoms with Gasteiger partial charge in [-0.3, -0.25) is 0 Å². The summed E-state index contributed by atoms with van der Waals surface area (Å²) >= 11 is 10.9. The maximum atomic E-state index is 8.73. The van der Waals surface area contributed by atoms with Gasteiger partial charge in [0.15, 0.2) is 0 Å². The summed E-state index contributed by atoms with van der Waals surface area (Å²) in [6.07, 6.45) is 0. The monoisotopic (exact) mass is 326 g/mol. The highest BCUT2D eigenvalue weighted by Gasteiger charge is 2.04. The summed E-state index contributed by atoms with van der Waals surface area (Å²) in [7, 11) is 0. The molecule has 2 nitrogen and oxygen atoms in total. The molecule has 0 atom stereocenters. The first kappa shape index (κ1) is 12.4. The average molecular weight is 328 g/mol. The number of nitriles is 1. The van der Waals surface area contributed by atoms with E-state index >= 15 is 0 Å². The minimum atomic E-state index is 0.680. The number of benzene rings is 1. The van der Waals surface area contributed by atoms with E-state index in [1.165, 1.54) is 11.3 Å².